The van der Waals surface area contributed by atoms with Crippen LogP contribution in [0.1, 0.15) is 11.7 Å². The normalized spacial score (nSPS) is 12.9. The molecule has 0 radical (unpaired) electrons. The number of phenolic OH excluding ortho intramolecular Hbond substituents is 1. The molecular weight excluding hydrogens is 178 g/mol. The van der Waals surface area contributed by atoms with Gasteiger partial charge in [-0.05, 0) is 17.7 Å². The van der Waals surface area contributed by atoms with Gasteiger partial charge in [0, 0.05) is 6.54 Å². The first-order valence-electron chi connectivity index (χ1n) is 3.51. The van der Waals surface area contributed by atoms with Crippen molar-refractivity contribution in [3.8, 4) is 5.75 Å². The van der Waals surface area contributed by atoms with Crippen LogP contribution < -0.4 is 5.73 Å². The van der Waals surface area contributed by atoms with Gasteiger partial charge in [0.05, 0.1) is 11.1 Å². The first-order chi connectivity index (χ1) is 5.65. The highest BCUT2D eigenvalue weighted by atomic mass is 35.5. The Bertz CT molecular complexity index is 278. The third-order valence-electron chi connectivity index (χ3n) is 1.58. The Balaban J connectivity index is 2.96. The maximum atomic E-state index is 9.28. The van der Waals surface area contributed by atoms with E-state index in [0.717, 1.165) is 0 Å². The number of aliphatic hydroxyl groups excluding tert-OH is 1. The molecule has 3 nitrogen and oxygen atoms in total. The Morgan fingerprint density at radius 3 is 2.67 bits per heavy atom. The van der Waals surface area contributed by atoms with Gasteiger partial charge in [-0.3, -0.25) is 0 Å². The second-order valence-electron chi connectivity index (χ2n) is 2.46. The van der Waals surface area contributed by atoms with Crippen molar-refractivity contribution in [3.05, 3.63) is 28.8 Å². The van der Waals surface area contributed by atoms with Crippen molar-refractivity contribution >= 4 is 11.6 Å². The molecule has 0 saturated heterocycles. The van der Waals surface area contributed by atoms with Gasteiger partial charge in [-0.25, -0.2) is 0 Å². The molecule has 0 spiro atoms. The second kappa shape index (κ2) is 3.76. The molecule has 1 rings (SSSR count). The fourth-order valence-electron chi connectivity index (χ4n) is 0.867. The van der Waals surface area contributed by atoms with Crippen LogP contribution >= 0.6 is 11.6 Å². The molecule has 0 aliphatic rings. The number of halogens is 1. The minimum atomic E-state index is -0.719. The Morgan fingerprint density at radius 2 is 2.17 bits per heavy atom. The quantitative estimate of drug-likeness (QED) is 0.648. The van der Waals surface area contributed by atoms with Gasteiger partial charge in [0.25, 0.3) is 0 Å². The number of hydrogen-bond donors (Lipinski definition) is 3. The number of nitrogens with two attached hydrogens (primary N) is 1. The maximum Gasteiger partial charge on any atom is 0.134 e. The summed E-state index contributed by atoms with van der Waals surface area (Å²) in [6.45, 7) is 0.140. The lowest BCUT2D eigenvalue weighted by Gasteiger charge is -2.08. The zero-order chi connectivity index (χ0) is 9.14. The molecule has 1 atom stereocenters. The van der Waals surface area contributed by atoms with Crippen LogP contribution in [0.15, 0.2) is 18.2 Å². The molecule has 0 aliphatic carbocycles. The van der Waals surface area contributed by atoms with Gasteiger partial charge in [-0.2, -0.15) is 0 Å². The highest BCUT2D eigenvalue weighted by Crippen LogP contribution is 2.26. The fraction of sp³-hybridized carbons (Fsp3) is 0.250. The van der Waals surface area contributed by atoms with Crippen LogP contribution in [0.5, 0.6) is 5.75 Å². The van der Waals surface area contributed by atoms with E-state index in [-0.39, 0.29) is 17.3 Å². The highest BCUT2D eigenvalue weighted by Gasteiger charge is 2.06. The number of hydrogen-bond acceptors (Lipinski definition) is 3. The highest BCUT2D eigenvalue weighted by molar-refractivity contribution is 6.32. The van der Waals surface area contributed by atoms with E-state index in [1.54, 1.807) is 6.07 Å². The number of rotatable bonds is 2. The fourth-order valence-corrected chi connectivity index (χ4v) is 1.06. The number of aliphatic hydroxyl groups is 1. The van der Waals surface area contributed by atoms with Crippen molar-refractivity contribution in [2.75, 3.05) is 6.54 Å². The zero-order valence-electron chi connectivity index (χ0n) is 6.37. The lowest BCUT2D eigenvalue weighted by Crippen LogP contribution is -2.11. The van der Waals surface area contributed by atoms with E-state index < -0.39 is 6.10 Å². The van der Waals surface area contributed by atoms with Crippen molar-refractivity contribution in [1.29, 1.82) is 0 Å². The molecule has 66 valence electrons. The predicted molar refractivity (Wildman–Crippen MR) is 47.1 cm³/mol. The monoisotopic (exact) mass is 187 g/mol. The Labute approximate surface area is 75.4 Å². The largest absolute Gasteiger partial charge is 0.506 e. The van der Waals surface area contributed by atoms with E-state index >= 15 is 0 Å². The number of aromatic hydroxyl groups is 1. The summed E-state index contributed by atoms with van der Waals surface area (Å²) in [7, 11) is 0. The molecule has 0 saturated carbocycles. The van der Waals surface area contributed by atoms with Crippen LogP contribution in [0.2, 0.25) is 5.02 Å². The summed E-state index contributed by atoms with van der Waals surface area (Å²) in [4.78, 5) is 0. The molecule has 0 heterocycles. The van der Waals surface area contributed by atoms with Crippen LogP contribution in [0.3, 0.4) is 0 Å². The predicted octanol–water partition coefficient (Wildman–Crippen LogP) is 1.04. The molecule has 1 aromatic carbocycles. The van der Waals surface area contributed by atoms with Gasteiger partial charge >= 0.3 is 0 Å². The number of phenols is 1. The van der Waals surface area contributed by atoms with E-state index in [4.69, 9.17) is 22.4 Å². The Hall–Kier alpha value is -0.770. The van der Waals surface area contributed by atoms with E-state index in [1.165, 1.54) is 12.1 Å². The first kappa shape index (κ1) is 9.32. The van der Waals surface area contributed by atoms with E-state index in [0.29, 0.717) is 5.56 Å². The average molecular weight is 188 g/mol. The van der Waals surface area contributed by atoms with Gasteiger partial charge in [0.2, 0.25) is 0 Å². The third kappa shape index (κ3) is 1.88. The first-order valence-corrected chi connectivity index (χ1v) is 3.89. The number of benzene rings is 1. The standard InChI is InChI=1S/C8H10ClNO2/c9-6-3-5(8(12)4-10)1-2-7(6)11/h1-3,8,11-12H,4,10H2/t8-/m0/s1. The molecule has 4 heteroatoms. The molecule has 12 heavy (non-hydrogen) atoms. The maximum absolute atomic E-state index is 9.28. The van der Waals surface area contributed by atoms with Crippen LogP contribution in [-0.4, -0.2) is 16.8 Å². The Morgan fingerprint density at radius 1 is 1.50 bits per heavy atom. The molecular formula is C8H10ClNO2. The lowest BCUT2D eigenvalue weighted by molar-refractivity contribution is 0.186. The molecule has 0 aliphatic heterocycles. The van der Waals surface area contributed by atoms with Crippen LogP contribution in [0.25, 0.3) is 0 Å². The minimum absolute atomic E-state index is 0.00429. The molecule has 0 unspecified atom stereocenters. The minimum Gasteiger partial charge on any atom is -0.506 e. The van der Waals surface area contributed by atoms with Gasteiger partial charge in [-0.1, -0.05) is 17.7 Å². The smallest absolute Gasteiger partial charge is 0.134 e. The van der Waals surface area contributed by atoms with Crippen LogP contribution in [-0.2, 0) is 0 Å². The van der Waals surface area contributed by atoms with Gasteiger partial charge in [0.1, 0.15) is 5.75 Å². The Kier molecular flexibility index (Phi) is 2.92. The summed E-state index contributed by atoms with van der Waals surface area (Å²) in [5.41, 5.74) is 5.85. The summed E-state index contributed by atoms with van der Waals surface area (Å²) < 4.78 is 0. The third-order valence-corrected chi connectivity index (χ3v) is 1.88. The topological polar surface area (TPSA) is 66.5 Å². The van der Waals surface area contributed by atoms with Gasteiger partial charge in [-0.15, -0.1) is 0 Å². The van der Waals surface area contributed by atoms with Gasteiger partial charge in [0.15, 0.2) is 0 Å². The summed E-state index contributed by atoms with van der Waals surface area (Å²) in [6.07, 6.45) is -0.719. The van der Waals surface area contributed by atoms with Crippen LogP contribution in [0.4, 0.5) is 0 Å². The van der Waals surface area contributed by atoms with Crippen molar-refractivity contribution in [2.45, 2.75) is 6.10 Å². The van der Waals surface area contributed by atoms with E-state index in [9.17, 15) is 5.11 Å². The summed E-state index contributed by atoms with van der Waals surface area (Å²) >= 11 is 5.61. The second-order valence-corrected chi connectivity index (χ2v) is 2.87. The molecule has 0 fully saturated rings. The van der Waals surface area contributed by atoms with E-state index in [1.807, 2.05) is 0 Å². The molecule has 0 amide bonds. The van der Waals surface area contributed by atoms with Gasteiger partial charge < -0.3 is 15.9 Å². The van der Waals surface area contributed by atoms with Crippen LogP contribution in [0, 0.1) is 0 Å². The van der Waals surface area contributed by atoms with Crippen molar-refractivity contribution in [2.24, 2.45) is 5.73 Å². The van der Waals surface area contributed by atoms with Crippen molar-refractivity contribution in [3.63, 3.8) is 0 Å². The molecule has 0 bridgehead atoms. The van der Waals surface area contributed by atoms with Crippen molar-refractivity contribution in [1.82, 2.24) is 0 Å². The average Bonchev–Trinajstić information content (AvgIpc) is 2.08. The summed E-state index contributed by atoms with van der Waals surface area (Å²) in [5, 5.41) is 18.6. The summed E-state index contributed by atoms with van der Waals surface area (Å²) in [6, 6.07) is 4.50. The van der Waals surface area contributed by atoms with E-state index in [2.05, 4.69) is 0 Å². The van der Waals surface area contributed by atoms with Crippen molar-refractivity contribution < 1.29 is 10.2 Å². The molecule has 0 aromatic heterocycles. The molecule has 1 aromatic rings. The molecule has 4 N–H and O–H groups in total. The SMILES string of the molecule is NC[C@H](O)c1ccc(O)c(Cl)c1. The zero-order valence-corrected chi connectivity index (χ0v) is 7.12. The lowest BCUT2D eigenvalue weighted by atomic mass is 10.1. The summed E-state index contributed by atoms with van der Waals surface area (Å²) in [5.74, 6) is 0.00429.